The van der Waals surface area contributed by atoms with E-state index in [1.54, 1.807) is 0 Å². The molecule has 0 saturated heterocycles. The number of ether oxygens (including phenoxy) is 1. The first-order valence-corrected chi connectivity index (χ1v) is 6.44. The van der Waals surface area contributed by atoms with Crippen molar-refractivity contribution in [3.05, 3.63) is 29.8 Å². The molecule has 1 rings (SSSR count). The number of nitrogens with zero attached hydrogens (tertiary/aromatic N) is 1. The molecule has 0 aromatic heterocycles. The molecular formula is C15H21NO4. The Balaban J connectivity index is 2.50. The highest BCUT2D eigenvalue weighted by atomic mass is 16.5. The Labute approximate surface area is 119 Å². The van der Waals surface area contributed by atoms with Gasteiger partial charge in [0.1, 0.15) is 11.3 Å². The van der Waals surface area contributed by atoms with Crippen molar-refractivity contribution in [2.24, 2.45) is 0 Å². The first kappa shape index (κ1) is 16.0. The summed E-state index contributed by atoms with van der Waals surface area (Å²) in [6.45, 7) is 5.17. The van der Waals surface area contributed by atoms with E-state index in [-0.39, 0.29) is 18.9 Å². The molecule has 5 nitrogen and oxygen atoms in total. The van der Waals surface area contributed by atoms with Gasteiger partial charge < -0.3 is 14.7 Å². The molecule has 0 unspecified atom stereocenters. The summed E-state index contributed by atoms with van der Waals surface area (Å²) in [6, 6.07) is 7.55. The number of benzene rings is 1. The molecule has 0 aliphatic rings. The van der Waals surface area contributed by atoms with E-state index < -0.39 is 11.5 Å². The van der Waals surface area contributed by atoms with E-state index in [9.17, 15) is 9.59 Å². The molecule has 0 fully saturated rings. The van der Waals surface area contributed by atoms with Gasteiger partial charge in [-0.3, -0.25) is 4.79 Å². The summed E-state index contributed by atoms with van der Waals surface area (Å²) in [6.07, 6.45) is 0.140. The fraction of sp³-hybridized carbons (Fsp3) is 0.467. The van der Waals surface area contributed by atoms with Gasteiger partial charge in [-0.05, 0) is 38.5 Å². The minimum absolute atomic E-state index is 0.140. The van der Waals surface area contributed by atoms with Crippen LogP contribution in [0.3, 0.4) is 0 Å². The van der Waals surface area contributed by atoms with Crippen LogP contribution in [-0.4, -0.2) is 41.1 Å². The van der Waals surface area contributed by atoms with Crippen molar-refractivity contribution in [1.82, 2.24) is 4.90 Å². The minimum atomic E-state index is -1.22. The summed E-state index contributed by atoms with van der Waals surface area (Å²) in [5, 5.41) is 9.07. The Morgan fingerprint density at radius 2 is 2.00 bits per heavy atom. The Hall–Kier alpha value is -2.04. The van der Waals surface area contributed by atoms with Crippen LogP contribution >= 0.6 is 0 Å². The maximum atomic E-state index is 11.9. The van der Waals surface area contributed by atoms with Crippen LogP contribution in [-0.2, 0) is 9.59 Å². The predicted octanol–water partition coefficient (Wildman–Crippen LogP) is 2.09. The minimum Gasteiger partial charge on any atom is -0.493 e. The number of hydrogen-bond acceptors (Lipinski definition) is 3. The lowest BCUT2D eigenvalue weighted by Gasteiger charge is -2.31. The third-order valence-corrected chi connectivity index (χ3v) is 3.31. The van der Waals surface area contributed by atoms with Gasteiger partial charge >= 0.3 is 5.97 Å². The Bertz CT molecular complexity index is 496. The zero-order valence-electron chi connectivity index (χ0n) is 12.3. The van der Waals surface area contributed by atoms with Gasteiger partial charge in [-0.1, -0.05) is 12.1 Å². The van der Waals surface area contributed by atoms with Crippen molar-refractivity contribution in [1.29, 1.82) is 0 Å². The van der Waals surface area contributed by atoms with E-state index in [0.717, 1.165) is 5.56 Å². The molecule has 1 aromatic carbocycles. The van der Waals surface area contributed by atoms with Gasteiger partial charge in [-0.2, -0.15) is 0 Å². The molecule has 0 aliphatic carbocycles. The second-order valence-corrected chi connectivity index (χ2v) is 5.23. The molecule has 0 bridgehead atoms. The number of rotatable bonds is 6. The zero-order valence-corrected chi connectivity index (χ0v) is 12.3. The standard InChI is InChI=1S/C15H21NO4/c1-11-6-5-7-12(10-11)20-9-8-13(17)16(4)15(2,3)14(18)19/h5-7,10H,8-9H2,1-4H3,(H,18,19). The van der Waals surface area contributed by atoms with Gasteiger partial charge in [0.25, 0.3) is 0 Å². The lowest BCUT2D eigenvalue weighted by molar-refractivity contribution is -0.155. The number of carbonyl (C=O) groups excluding carboxylic acids is 1. The SMILES string of the molecule is Cc1cccc(OCCC(=O)N(C)C(C)(C)C(=O)O)c1. The second-order valence-electron chi connectivity index (χ2n) is 5.23. The molecule has 1 aromatic rings. The highest BCUT2D eigenvalue weighted by Crippen LogP contribution is 2.15. The summed E-state index contributed by atoms with van der Waals surface area (Å²) >= 11 is 0. The maximum Gasteiger partial charge on any atom is 0.329 e. The average molecular weight is 279 g/mol. The lowest BCUT2D eigenvalue weighted by atomic mass is 10.0. The highest BCUT2D eigenvalue weighted by molar-refractivity contribution is 5.86. The molecular weight excluding hydrogens is 258 g/mol. The summed E-state index contributed by atoms with van der Waals surface area (Å²) in [4.78, 5) is 24.2. The maximum absolute atomic E-state index is 11.9. The van der Waals surface area contributed by atoms with Gasteiger partial charge in [0.15, 0.2) is 0 Å². The van der Waals surface area contributed by atoms with Gasteiger partial charge in [-0.25, -0.2) is 4.79 Å². The highest BCUT2D eigenvalue weighted by Gasteiger charge is 2.34. The first-order chi connectivity index (χ1) is 9.25. The second kappa shape index (κ2) is 6.41. The molecule has 1 N–H and O–H groups in total. The largest absolute Gasteiger partial charge is 0.493 e. The number of likely N-dealkylation sites (N-methyl/N-ethyl adjacent to an activating group) is 1. The number of hydrogen-bond donors (Lipinski definition) is 1. The number of amides is 1. The molecule has 20 heavy (non-hydrogen) atoms. The van der Waals surface area contributed by atoms with Crippen LogP contribution < -0.4 is 4.74 Å². The lowest BCUT2D eigenvalue weighted by Crippen LogP contribution is -2.51. The first-order valence-electron chi connectivity index (χ1n) is 6.44. The molecule has 0 spiro atoms. The van der Waals surface area contributed by atoms with E-state index in [4.69, 9.17) is 9.84 Å². The Kier molecular flexibility index (Phi) is 5.13. The Morgan fingerprint density at radius 3 is 2.55 bits per heavy atom. The number of carboxylic acid groups (broad SMARTS) is 1. The predicted molar refractivity (Wildman–Crippen MR) is 75.8 cm³/mol. The van der Waals surface area contributed by atoms with E-state index in [0.29, 0.717) is 5.75 Å². The molecule has 0 saturated carbocycles. The molecule has 110 valence electrons. The van der Waals surface area contributed by atoms with Crippen LogP contribution in [0.1, 0.15) is 25.8 Å². The normalized spacial score (nSPS) is 11.0. The van der Waals surface area contributed by atoms with Crippen molar-refractivity contribution in [2.45, 2.75) is 32.7 Å². The van der Waals surface area contributed by atoms with Crippen molar-refractivity contribution >= 4 is 11.9 Å². The van der Waals surface area contributed by atoms with E-state index in [1.165, 1.54) is 25.8 Å². The summed E-state index contributed by atoms with van der Waals surface area (Å²) in [7, 11) is 1.49. The third kappa shape index (κ3) is 3.98. The van der Waals surface area contributed by atoms with Crippen molar-refractivity contribution in [3.63, 3.8) is 0 Å². The van der Waals surface area contributed by atoms with Crippen molar-refractivity contribution < 1.29 is 19.4 Å². The van der Waals surface area contributed by atoms with Crippen LogP contribution in [0.5, 0.6) is 5.75 Å². The van der Waals surface area contributed by atoms with Gasteiger partial charge in [0.2, 0.25) is 5.91 Å². The summed E-state index contributed by atoms with van der Waals surface area (Å²) in [5.41, 5.74) is -0.140. The van der Waals surface area contributed by atoms with Crippen LogP contribution in [0.15, 0.2) is 24.3 Å². The van der Waals surface area contributed by atoms with E-state index in [2.05, 4.69) is 0 Å². The molecule has 0 radical (unpaired) electrons. The average Bonchev–Trinajstić information content (AvgIpc) is 2.37. The number of aryl methyl sites for hydroxylation is 1. The van der Waals surface area contributed by atoms with Crippen molar-refractivity contribution in [3.8, 4) is 5.75 Å². The summed E-state index contributed by atoms with van der Waals surface area (Å²) < 4.78 is 5.49. The molecule has 5 heteroatoms. The van der Waals surface area contributed by atoms with Gasteiger partial charge in [-0.15, -0.1) is 0 Å². The molecule has 0 aliphatic heterocycles. The summed E-state index contributed by atoms with van der Waals surface area (Å²) in [5.74, 6) is -0.587. The third-order valence-electron chi connectivity index (χ3n) is 3.31. The van der Waals surface area contributed by atoms with Crippen LogP contribution in [0.4, 0.5) is 0 Å². The van der Waals surface area contributed by atoms with Crippen LogP contribution in [0.2, 0.25) is 0 Å². The number of carbonyl (C=O) groups is 2. The zero-order chi connectivity index (χ0) is 15.3. The fourth-order valence-corrected chi connectivity index (χ4v) is 1.58. The quantitative estimate of drug-likeness (QED) is 0.865. The molecule has 1 amide bonds. The molecule has 0 heterocycles. The topological polar surface area (TPSA) is 66.8 Å². The fourth-order valence-electron chi connectivity index (χ4n) is 1.58. The van der Waals surface area contributed by atoms with Crippen molar-refractivity contribution in [2.75, 3.05) is 13.7 Å². The Morgan fingerprint density at radius 1 is 1.35 bits per heavy atom. The van der Waals surface area contributed by atoms with E-state index >= 15 is 0 Å². The smallest absolute Gasteiger partial charge is 0.329 e. The van der Waals surface area contributed by atoms with E-state index in [1.807, 2.05) is 31.2 Å². The number of carboxylic acids is 1. The van der Waals surface area contributed by atoms with Crippen LogP contribution in [0.25, 0.3) is 0 Å². The van der Waals surface area contributed by atoms with Gasteiger partial charge in [0.05, 0.1) is 13.0 Å². The molecule has 0 atom stereocenters. The van der Waals surface area contributed by atoms with Gasteiger partial charge in [0, 0.05) is 7.05 Å². The number of aliphatic carboxylic acids is 1. The van der Waals surface area contributed by atoms with Crippen LogP contribution in [0, 0.1) is 6.92 Å². The monoisotopic (exact) mass is 279 g/mol.